The number of rotatable bonds is 5. The van der Waals surface area contributed by atoms with Crippen LogP contribution in [0, 0.1) is 0 Å². The molecule has 5 N–H and O–H groups in total. The molecule has 5 rings (SSSR count). The van der Waals surface area contributed by atoms with Crippen molar-refractivity contribution in [3.63, 3.8) is 0 Å². The quantitative estimate of drug-likeness (QED) is 0.463. The van der Waals surface area contributed by atoms with Gasteiger partial charge in [-0.2, -0.15) is 5.11 Å². The van der Waals surface area contributed by atoms with E-state index in [9.17, 15) is 16.8 Å². The lowest BCUT2D eigenvalue weighted by molar-refractivity contribution is 0.493. The number of sulfonamides is 1. The molecule has 12 nitrogen and oxygen atoms in total. The van der Waals surface area contributed by atoms with Crippen LogP contribution in [0.5, 0.6) is 0 Å². The number of amidine groups is 1. The van der Waals surface area contributed by atoms with Gasteiger partial charge in [-0.25, -0.2) is 32.0 Å². The van der Waals surface area contributed by atoms with Crippen molar-refractivity contribution in [1.82, 2.24) is 14.9 Å². The van der Waals surface area contributed by atoms with Crippen LogP contribution in [0.3, 0.4) is 0 Å². The lowest BCUT2D eigenvalue weighted by atomic mass is 9.97. The molecule has 1 fully saturated rings. The molecule has 0 atom stereocenters. The van der Waals surface area contributed by atoms with Crippen molar-refractivity contribution in [3.05, 3.63) is 35.9 Å². The number of fused-ring (bicyclic) bond motifs is 1. The molecular formula is C19H20N8O4S2. The summed E-state index contributed by atoms with van der Waals surface area (Å²) < 4.78 is 53.9. The first-order valence-corrected chi connectivity index (χ1v) is 13.0. The van der Waals surface area contributed by atoms with Crippen LogP contribution in [0.15, 0.2) is 55.3 Å². The molecular weight excluding hydrogens is 468 g/mol. The molecule has 14 heteroatoms. The zero-order valence-electron chi connectivity index (χ0n) is 17.4. The maximum Gasteiger partial charge on any atom is 0.240 e. The van der Waals surface area contributed by atoms with Gasteiger partial charge in [0.1, 0.15) is 4.90 Å². The highest BCUT2D eigenvalue weighted by atomic mass is 32.2. The molecule has 0 spiro atoms. The molecule has 1 aromatic heterocycles. The van der Waals surface area contributed by atoms with Crippen LogP contribution in [0.25, 0.3) is 22.2 Å². The number of nitrogens with two attached hydrogens (primary N) is 2. The summed E-state index contributed by atoms with van der Waals surface area (Å²) in [4.78, 5) is 7.58. The highest BCUT2D eigenvalue weighted by molar-refractivity contribution is 7.94. The summed E-state index contributed by atoms with van der Waals surface area (Å²) in [5, 5.41) is 15.5. The third-order valence-electron chi connectivity index (χ3n) is 5.79. The number of sulfone groups is 1. The Morgan fingerprint density at radius 2 is 1.85 bits per heavy atom. The van der Waals surface area contributed by atoms with Crippen LogP contribution in [-0.2, 0) is 26.9 Å². The van der Waals surface area contributed by atoms with E-state index in [0.717, 1.165) is 0 Å². The van der Waals surface area contributed by atoms with Crippen LogP contribution in [0.4, 0.5) is 5.95 Å². The first-order valence-electron chi connectivity index (χ1n) is 9.88. The molecule has 3 heterocycles. The zero-order chi connectivity index (χ0) is 23.5. The van der Waals surface area contributed by atoms with Gasteiger partial charge in [0.2, 0.25) is 16.0 Å². The Morgan fingerprint density at radius 3 is 2.45 bits per heavy atom. The molecule has 3 aromatic rings. The molecule has 2 aliphatic rings. The van der Waals surface area contributed by atoms with Crippen molar-refractivity contribution in [2.24, 2.45) is 27.4 Å². The summed E-state index contributed by atoms with van der Waals surface area (Å²) in [7, 11) is -6.79. The van der Waals surface area contributed by atoms with Crippen molar-refractivity contribution in [2.75, 3.05) is 25.5 Å². The molecule has 0 bridgehead atoms. The number of primary sulfonamides is 1. The minimum absolute atomic E-state index is 0.00872. The topological polar surface area (TPSA) is 187 Å². The van der Waals surface area contributed by atoms with E-state index in [2.05, 4.69) is 25.5 Å². The Morgan fingerprint density at radius 1 is 1.09 bits per heavy atom. The van der Waals surface area contributed by atoms with Gasteiger partial charge in [0.15, 0.2) is 22.3 Å². The van der Waals surface area contributed by atoms with E-state index in [1.807, 2.05) is 0 Å². The molecule has 2 aromatic carbocycles. The number of azo groups is 1. The number of aryl methyl sites for hydroxylation is 1. The van der Waals surface area contributed by atoms with Crippen molar-refractivity contribution >= 4 is 42.7 Å². The number of imidazole rings is 1. The second kappa shape index (κ2) is 7.41. The fourth-order valence-corrected chi connectivity index (χ4v) is 7.22. The van der Waals surface area contributed by atoms with Gasteiger partial charge in [0.05, 0.1) is 26.7 Å². The number of benzene rings is 2. The first kappa shape index (κ1) is 21.6. The summed E-state index contributed by atoms with van der Waals surface area (Å²) in [6.07, 6.45) is 0. The molecule has 0 aliphatic carbocycles. The monoisotopic (exact) mass is 488 g/mol. The first-order chi connectivity index (χ1) is 15.6. The number of hydrogen-bond acceptors (Lipinski definition) is 10. The Kier molecular flexibility index (Phi) is 4.86. The molecule has 0 amide bonds. The largest absolute Gasteiger partial charge is 0.369 e. The number of nitrogen functional groups attached to an aromatic ring is 1. The molecule has 2 aliphatic heterocycles. The van der Waals surface area contributed by atoms with Crippen molar-refractivity contribution in [2.45, 2.75) is 15.0 Å². The standard InChI is InChI=1S/C19H20N8O4S2/c1-27-16-12(3-2-4-13(16)25-19(27)20)11-5-6-14(32(28,29)10-7-22-8-10)17(33(21,30)31)15(11)18-23-9-24-26-18/h2-6,10,22H,7-9H2,1H3,(H2,20,25)(H2,21,30,31). The van der Waals surface area contributed by atoms with Crippen LogP contribution in [-0.4, -0.2) is 57.2 Å². The van der Waals surface area contributed by atoms with E-state index >= 15 is 0 Å². The second-order valence-corrected chi connectivity index (χ2v) is 11.4. The Balaban J connectivity index is 1.92. The van der Waals surface area contributed by atoms with E-state index in [1.165, 1.54) is 12.1 Å². The van der Waals surface area contributed by atoms with Crippen molar-refractivity contribution in [1.29, 1.82) is 0 Å². The minimum atomic E-state index is -4.52. The molecule has 172 valence electrons. The van der Waals surface area contributed by atoms with Gasteiger partial charge < -0.3 is 15.6 Å². The highest BCUT2D eigenvalue weighted by Crippen LogP contribution is 2.39. The average molecular weight is 489 g/mol. The van der Waals surface area contributed by atoms with Gasteiger partial charge in [0, 0.05) is 25.7 Å². The van der Waals surface area contributed by atoms with Gasteiger partial charge in [-0.1, -0.05) is 18.2 Å². The summed E-state index contributed by atoms with van der Waals surface area (Å²) in [5.74, 6) is 0.255. The lowest BCUT2D eigenvalue weighted by Crippen LogP contribution is -2.51. The third-order valence-corrected chi connectivity index (χ3v) is 9.07. The van der Waals surface area contributed by atoms with E-state index in [4.69, 9.17) is 10.9 Å². The highest BCUT2D eigenvalue weighted by Gasteiger charge is 2.39. The van der Waals surface area contributed by atoms with Gasteiger partial charge >= 0.3 is 0 Å². The summed E-state index contributed by atoms with van der Waals surface area (Å²) in [6.45, 7) is 0.431. The number of hydrogen-bond donors (Lipinski definition) is 3. The maximum absolute atomic E-state index is 13.3. The van der Waals surface area contributed by atoms with Crippen molar-refractivity contribution in [3.8, 4) is 11.1 Å². The smallest absolute Gasteiger partial charge is 0.240 e. The fraction of sp³-hybridized carbons (Fsp3) is 0.263. The SMILES string of the molecule is Cn1c(N)nc2cccc(-c3ccc(S(=O)(=O)C4CNC4)c(S(N)(=O)=O)c3C3=NCN=N3)c21. The normalized spacial score (nSPS) is 16.8. The van der Waals surface area contributed by atoms with Crippen molar-refractivity contribution < 1.29 is 16.8 Å². The number of aliphatic imine (C=N–C) groups is 1. The Hall–Kier alpha value is -3.20. The molecule has 1 saturated heterocycles. The fourth-order valence-electron chi connectivity index (χ4n) is 4.04. The van der Waals surface area contributed by atoms with Crippen LogP contribution in [0.2, 0.25) is 0 Å². The average Bonchev–Trinajstić information content (AvgIpc) is 3.33. The number of aromatic nitrogens is 2. The molecule has 0 saturated carbocycles. The van der Waals surface area contributed by atoms with Gasteiger partial charge in [-0.3, -0.25) is 0 Å². The van der Waals surface area contributed by atoms with Crippen LogP contribution >= 0.6 is 0 Å². The van der Waals surface area contributed by atoms with E-state index in [0.29, 0.717) is 22.2 Å². The third kappa shape index (κ3) is 3.33. The summed E-state index contributed by atoms with van der Waals surface area (Å²) >= 11 is 0. The molecule has 33 heavy (non-hydrogen) atoms. The zero-order valence-corrected chi connectivity index (χ0v) is 19.1. The number of anilines is 1. The van der Waals surface area contributed by atoms with E-state index in [1.54, 1.807) is 29.8 Å². The molecule has 0 radical (unpaired) electrons. The summed E-state index contributed by atoms with van der Waals surface area (Å²) in [6, 6.07) is 8.08. The van der Waals surface area contributed by atoms with Gasteiger partial charge in [-0.05, 0) is 17.7 Å². The Bertz CT molecular complexity index is 1590. The number of nitrogens with one attached hydrogen (secondary N) is 1. The second-order valence-electron chi connectivity index (χ2n) is 7.75. The van der Waals surface area contributed by atoms with Crippen LogP contribution < -0.4 is 16.2 Å². The van der Waals surface area contributed by atoms with Crippen LogP contribution in [0.1, 0.15) is 5.56 Å². The lowest BCUT2D eigenvalue weighted by Gasteiger charge is -2.28. The van der Waals surface area contributed by atoms with Gasteiger partial charge in [0.25, 0.3) is 0 Å². The Labute approximate surface area is 189 Å². The predicted octanol–water partition coefficient (Wildman–Crippen LogP) is 0.385. The predicted molar refractivity (Wildman–Crippen MR) is 122 cm³/mol. The summed E-state index contributed by atoms with van der Waals surface area (Å²) in [5.41, 5.74) is 8.13. The molecule has 0 unspecified atom stereocenters. The van der Waals surface area contributed by atoms with E-state index in [-0.39, 0.29) is 42.0 Å². The maximum atomic E-state index is 13.3. The number of nitrogens with zero attached hydrogens (tertiary/aromatic N) is 5. The van der Waals surface area contributed by atoms with Gasteiger partial charge in [-0.15, -0.1) is 5.11 Å². The van der Waals surface area contributed by atoms with E-state index < -0.39 is 30.0 Å². The minimum Gasteiger partial charge on any atom is -0.369 e. The number of para-hydroxylation sites is 1.